The average molecular weight is 246 g/mol. The van der Waals surface area contributed by atoms with Crippen LogP contribution < -0.4 is 16.0 Å². The van der Waals surface area contributed by atoms with E-state index in [4.69, 9.17) is 10.6 Å². The first-order valence-electron chi connectivity index (χ1n) is 5.42. The zero-order valence-electron chi connectivity index (χ0n) is 9.96. The fourth-order valence-electron chi connectivity index (χ4n) is 1.46. The van der Waals surface area contributed by atoms with Gasteiger partial charge in [-0.3, -0.25) is 10.2 Å². The molecule has 0 aliphatic rings. The number of carbonyl (C=O) groups excluding carboxylic acids is 1. The van der Waals surface area contributed by atoms with Crippen molar-refractivity contribution >= 4 is 5.91 Å². The highest BCUT2D eigenvalue weighted by Crippen LogP contribution is 2.12. The molecule has 1 aromatic heterocycles. The van der Waals surface area contributed by atoms with Gasteiger partial charge in [-0.05, 0) is 36.8 Å². The molecule has 2 aromatic rings. The molecule has 1 amide bonds. The standard InChI is InChI=1S/C12H14N4O2/c1-9-6-14-16(7-9)8-18-11-4-2-10(3-5-11)12(17)15-13/h2-7H,8,13H2,1H3,(H,15,17). The maximum absolute atomic E-state index is 11.2. The molecule has 3 N–H and O–H groups in total. The number of nitrogen functional groups attached to an aromatic ring is 1. The lowest BCUT2D eigenvalue weighted by molar-refractivity contribution is 0.0953. The summed E-state index contributed by atoms with van der Waals surface area (Å²) in [5.41, 5.74) is 3.63. The van der Waals surface area contributed by atoms with E-state index < -0.39 is 0 Å². The van der Waals surface area contributed by atoms with Gasteiger partial charge in [0.05, 0.1) is 6.20 Å². The average Bonchev–Trinajstić information content (AvgIpc) is 2.82. The SMILES string of the molecule is Cc1cnn(COc2ccc(C(=O)NN)cc2)c1. The molecule has 0 unspecified atom stereocenters. The molecule has 0 spiro atoms. The molecule has 6 nitrogen and oxygen atoms in total. The van der Waals surface area contributed by atoms with Gasteiger partial charge >= 0.3 is 0 Å². The van der Waals surface area contributed by atoms with Crippen LogP contribution in [-0.4, -0.2) is 15.7 Å². The summed E-state index contributed by atoms with van der Waals surface area (Å²) in [6.45, 7) is 2.29. The molecule has 1 heterocycles. The molecule has 0 radical (unpaired) electrons. The van der Waals surface area contributed by atoms with Crippen molar-refractivity contribution in [2.75, 3.05) is 0 Å². The number of carbonyl (C=O) groups is 1. The van der Waals surface area contributed by atoms with E-state index in [1.807, 2.05) is 13.1 Å². The maximum atomic E-state index is 11.2. The second-order valence-electron chi connectivity index (χ2n) is 3.83. The number of nitrogens with two attached hydrogens (primary N) is 1. The molecule has 0 atom stereocenters. The molecule has 0 saturated heterocycles. The van der Waals surface area contributed by atoms with Crippen LogP contribution in [0.1, 0.15) is 15.9 Å². The lowest BCUT2D eigenvalue weighted by atomic mass is 10.2. The summed E-state index contributed by atoms with van der Waals surface area (Å²) in [5, 5.41) is 4.10. The number of nitrogens with zero attached hydrogens (tertiary/aromatic N) is 2. The highest BCUT2D eigenvalue weighted by molar-refractivity contribution is 5.93. The number of benzene rings is 1. The molecule has 2 rings (SSSR count). The van der Waals surface area contributed by atoms with Gasteiger partial charge < -0.3 is 4.74 Å². The third kappa shape index (κ3) is 2.86. The summed E-state index contributed by atoms with van der Waals surface area (Å²) < 4.78 is 7.20. The van der Waals surface area contributed by atoms with Crippen molar-refractivity contribution in [3.8, 4) is 5.75 Å². The molecule has 0 bridgehead atoms. The van der Waals surface area contributed by atoms with Crippen LogP contribution in [-0.2, 0) is 6.73 Å². The lowest BCUT2D eigenvalue weighted by Gasteiger charge is -2.06. The Hall–Kier alpha value is -2.34. The molecule has 6 heteroatoms. The third-order valence-electron chi connectivity index (χ3n) is 2.37. The van der Waals surface area contributed by atoms with Gasteiger partial charge in [0.2, 0.25) is 0 Å². The fourth-order valence-corrected chi connectivity index (χ4v) is 1.46. The van der Waals surface area contributed by atoms with E-state index in [-0.39, 0.29) is 5.91 Å². The number of hydrazine groups is 1. The Bertz CT molecular complexity index is 533. The normalized spacial score (nSPS) is 10.1. The summed E-state index contributed by atoms with van der Waals surface area (Å²) in [4.78, 5) is 11.2. The Labute approximate surface area is 104 Å². The maximum Gasteiger partial charge on any atom is 0.265 e. The predicted molar refractivity (Wildman–Crippen MR) is 65.7 cm³/mol. The highest BCUT2D eigenvalue weighted by Gasteiger charge is 2.03. The first-order valence-corrected chi connectivity index (χ1v) is 5.42. The minimum Gasteiger partial charge on any atom is -0.471 e. The van der Waals surface area contributed by atoms with Gasteiger partial charge in [-0.2, -0.15) is 5.10 Å². The van der Waals surface area contributed by atoms with Gasteiger partial charge in [0.1, 0.15) is 5.75 Å². The van der Waals surface area contributed by atoms with Crippen molar-refractivity contribution in [2.45, 2.75) is 13.7 Å². The zero-order chi connectivity index (χ0) is 13.0. The van der Waals surface area contributed by atoms with E-state index >= 15 is 0 Å². The van der Waals surface area contributed by atoms with Gasteiger partial charge in [0.25, 0.3) is 5.91 Å². The van der Waals surface area contributed by atoms with Crippen LogP contribution in [0.3, 0.4) is 0 Å². The van der Waals surface area contributed by atoms with Crippen molar-refractivity contribution in [2.24, 2.45) is 5.84 Å². The Morgan fingerprint density at radius 1 is 1.44 bits per heavy atom. The van der Waals surface area contributed by atoms with Crippen LogP contribution in [0.25, 0.3) is 0 Å². The Morgan fingerprint density at radius 3 is 2.72 bits per heavy atom. The van der Waals surface area contributed by atoms with Gasteiger partial charge in [-0.1, -0.05) is 0 Å². The van der Waals surface area contributed by atoms with Crippen LogP contribution in [0.5, 0.6) is 5.75 Å². The van der Waals surface area contributed by atoms with Gasteiger partial charge in [0, 0.05) is 11.8 Å². The van der Waals surface area contributed by atoms with Gasteiger partial charge in [0.15, 0.2) is 6.73 Å². The fraction of sp³-hybridized carbons (Fsp3) is 0.167. The molecule has 0 aliphatic carbocycles. The van der Waals surface area contributed by atoms with Gasteiger partial charge in [-0.15, -0.1) is 0 Å². The van der Waals surface area contributed by atoms with Crippen LogP contribution >= 0.6 is 0 Å². The van der Waals surface area contributed by atoms with E-state index in [2.05, 4.69) is 10.5 Å². The summed E-state index contributed by atoms with van der Waals surface area (Å²) in [6, 6.07) is 6.71. The summed E-state index contributed by atoms with van der Waals surface area (Å²) in [5.74, 6) is 5.37. The van der Waals surface area contributed by atoms with Crippen LogP contribution in [0.15, 0.2) is 36.7 Å². The largest absolute Gasteiger partial charge is 0.471 e. The van der Waals surface area contributed by atoms with Crippen molar-refractivity contribution in [3.63, 3.8) is 0 Å². The van der Waals surface area contributed by atoms with E-state index in [1.54, 1.807) is 35.1 Å². The summed E-state index contributed by atoms with van der Waals surface area (Å²) in [7, 11) is 0. The van der Waals surface area contributed by atoms with E-state index in [1.165, 1.54) is 0 Å². The number of aryl methyl sites for hydroxylation is 1. The molecular weight excluding hydrogens is 232 g/mol. The number of rotatable bonds is 4. The summed E-state index contributed by atoms with van der Waals surface area (Å²) >= 11 is 0. The molecule has 0 fully saturated rings. The van der Waals surface area contributed by atoms with E-state index in [0.717, 1.165) is 5.56 Å². The molecule has 18 heavy (non-hydrogen) atoms. The number of aromatic nitrogens is 2. The Balaban J connectivity index is 1.96. The van der Waals surface area contributed by atoms with Crippen molar-refractivity contribution in [1.29, 1.82) is 0 Å². The number of hydrogen-bond acceptors (Lipinski definition) is 4. The van der Waals surface area contributed by atoms with Crippen molar-refractivity contribution in [3.05, 3.63) is 47.8 Å². The van der Waals surface area contributed by atoms with Crippen molar-refractivity contribution in [1.82, 2.24) is 15.2 Å². The number of nitrogens with one attached hydrogen (secondary N) is 1. The predicted octanol–water partition coefficient (Wildman–Crippen LogP) is 0.832. The molecular formula is C12H14N4O2. The van der Waals surface area contributed by atoms with E-state index in [0.29, 0.717) is 18.0 Å². The molecule has 0 aliphatic heterocycles. The molecule has 1 aromatic carbocycles. The first kappa shape index (κ1) is 12.1. The number of ether oxygens (including phenoxy) is 1. The zero-order valence-corrected chi connectivity index (χ0v) is 9.96. The van der Waals surface area contributed by atoms with E-state index in [9.17, 15) is 4.79 Å². The third-order valence-corrected chi connectivity index (χ3v) is 2.37. The van der Waals surface area contributed by atoms with Crippen LogP contribution in [0, 0.1) is 6.92 Å². The summed E-state index contributed by atoms with van der Waals surface area (Å²) in [6.07, 6.45) is 3.65. The second-order valence-corrected chi connectivity index (χ2v) is 3.83. The van der Waals surface area contributed by atoms with Crippen LogP contribution in [0.4, 0.5) is 0 Å². The molecule has 0 saturated carbocycles. The smallest absolute Gasteiger partial charge is 0.265 e. The van der Waals surface area contributed by atoms with Crippen LogP contribution in [0.2, 0.25) is 0 Å². The Kier molecular flexibility index (Phi) is 3.59. The lowest BCUT2D eigenvalue weighted by Crippen LogP contribution is -2.29. The first-order chi connectivity index (χ1) is 8.69. The quantitative estimate of drug-likeness (QED) is 0.475. The topological polar surface area (TPSA) is 82.2 Å². The minimum atomic E-state index is -0.329. The molecule has 94 valence electrons. The van der Waals surface area contributed by atoms with Crippen molar-refractivity contribution < 1.29 is 9.53 Å². The highest BCUT2D eigenvalue weighted by atomic mass is 16.5. The minimum absolute atomic E-state index is 0.329. The number of amides is 1. The monoisotopic (exact) mass is 246 g/mol. The Morgan fingerprint density at radius 2 is 2.17 bits per heavy atom. The van der Waals surface area contributed by atoms with Gasteiger partial charge in [-0.25, -0.2) is 10.5 Å². The number of hydrogen-bond donors (Lipinski definition) is 2. The second kappa shape index (κ2) is 5.33.